The molecular weight excluding hydrogens is 370 g/mol. The van der Waals surface area contributed by atoms with Crippen molar-refractivity contribution in [3.63, 3.8) is 0 Å². The van der Waals surface area contributed by atoms with Crippen molar-refractivity contribution in [2.45, 2.75) is 50.4 Å². The summed E-state index contributed by atoms with van der Waals surface area (Å²) in [6.07, 6.45) is 8.62. The number of hydrogen-bond acceptors (Lipinski definition) is 6. The predicted molar refractivity (Wildman–Crippen MR) is 103 cm³/mol. The maximum absolute atomic E-state index is 12.9. The Labute approximate surface area is 170 Å². The molecule has 2 heterocycles. The van der Waals surface area contributed by atoms with E-state index >= 15 is 0 Å². The van der Waals surface area contributed by atoms with E-state index in [1.165, 1.54) is 12.7 Å². The van der Waals surface area contributed by atoms with Gasteiger partial charge in [-0.05, 0) is 43.9 Å². The van der Waals surface area contributed by atoms with Crippen LogP contribution in [-0.4, -0.2) is 58.9 Å². The Kier molecular flexibility index (Phi) is 3.29. The molecule has 1 saturated carbocycles. The third-order valence-electron chi connectivity index (χ3n) is 9.80. The molecule has 0 radical (unpaired) electrons. The number of allylic oxidation sites excluding steroid dienone is 2. The van der Waals surface area contributed by atoms with Crippen molar-refractivity contribution in [1.82, 2.24) is 4.90 Å². The standard InChI is InChI=1S/C23H29NO5/c1-13-10-24-11-15-5-3-14-4-6-16-17(19(26)29-2)9-21(18(14)16)20(15,12-25)7-8-22(13,27)23(21,24)28/h7-8,12-13,15-17,27-28H,3-6,9-11H2,1-2H3/t13-,15+,16+,17+,20+,21+,22-,23-/m0/s1. The number of piperidine rings is 1. The molecule has 6 heteroatoms. The number of ether oxygens (including phenoxy) is 1. The smallest absolute Gasteiger partial charge is 0.309 e. The van der Waals surface area contributed by atoms with Crippen LogP contribution < -0.4 is 0 Å². The highest BCUT2D eigenvalue weighted by Crippen LogP contribution is 2.78. The lowest BCUT2D eigenvalue weighted by atomic mass is 9.43. The number of rotatable bonds is 2. The molecule has 2 N–H and O–H groups in total. The third kappa shape index (κ3) is 1.57. The van der Waals surface area contributed by atoms with Crippen LogP contribution in [0.5, 0.6) is 0 Å². The molecule has 6 nitrogen and oxygen atoms in total. The first-order valence-corrected chi connectivity index (χ1v) is 11.0. The molecule has 0 aromatic heterocycles. The Morgan fingerprint density at radius 2 is 2.00 bits per heavy atom. The molecule has 8 atom stereocenters. The average Bonchev–Trinajstić information content (AvgIpc) is 3.32. The van der Waals surface area contributed by atoms with Gasteiger partial charge in [0.05, 0.1) is 23.9 Å². The minimum atomic E-state index is -1.58. The summed E-state index contributed by atoms with van der Waals surface area (Å²) in [6, 6.07) is 0. The number of carbonyl (C=O) groups is 2. The highest BCUT2D eigenvalue weighted by molar-refractivity contribution is 5.78. The summed E-state index contributed by atoms with van der Waals surface area (Å²) in [5.74, 6) is -0.742. The molecule has 156 valence electrons. The molecule has 0 aromatic carbocycles. The summed E-state index contributed by atoms with van der Waals surface area (Å²) in [5.41, 5.74) is -2.47. The molecule has 1 spiro atoms. The lowest BCUT2D eigenvalue weighted by molar-refractivity contribution is -0.295. The molecule has 0 aromatic rings. The predicted octanol–water partition coefficient (Wildman–Crippen LogP) is 1.42. The minimum Gasteiger partial charge on any atom is -0.469 e. The SMILES string of the molecule is COC(=O)[C@@H]1C[C@@]23C4=C(CC[C@@H]5CN6C[C@H](C)[C@@](O)(C=C[C@@]52C=O)[C@]63O)CC[C@@H]41. The first-order chi connectivity index (χ1) is 13.8. The number of hydrogen-bond donors (Lipinski definition) is 2. The van der Waals surface area contributed by atoms with Crippen LogP contribution in [-0.2, 0) is 14.3 Å². The normalized spacial score (nSPS) is 54.3. The van der Waals surface area contributed by atoms with Crippen molar-refractivity contribution in [3.05, 3.63) is 23.3 Å². The fraction of sp³-hybridized carbons (Fsp3) is 0.739. The van der Waals surface area contributed by atoms with Crippen LogP contribution in [0.25, 0.3) is 0 Å². The second kappa shape index (κ2) is 5.21. The highest BCUT2D eigenvalue weighted by atomic mass is 16.5. The van der Waals surface area contributed by atoms with Crippen molar-refractivity contribution in [2.24, 2.45) is 34.5 Å². The number of aldehydes is 1. The molecule has 6 aliphatic rings. The molecule has 2 aliphatic heterocycles. The fourth-order valence-electron chi connectivity index (χ4n) is 8.70. The van der Waals surface area contributed by atoms with Gasteiger partial charge < -0.3 is 19.7 Å². The zero-order valence-corrected chi connectivity index (χ0v) is 17.1. The zero-order valence-electron chi connectivity index (χ0n) is 17.1. The topological polar surface area (TPSA) is 87.1 Å². The maximum atomic E-state index is 12.9. The number of carbonyl (C=O) groups excluding carboxylic acids is 2. The lowest BCUT2D eigenvalue weighted by Gasteiger charge is -2.67. The van der Waals surface area contributed by atoms with Gasteiger partial charge in [0.1, 0.15) is 11.9 Å². The largest absolute Gasteiger partial charge is 0.469 e. The Hall–Kier alpha value is -1.50. The first-order valence-electron chi connectivity index (χ1n) is 11.0. The second-order valence-corrected chi connectivity index (χ2v) is 10.3. The monoisotopic (exact) mass is 399 g/mol. The fourth-order valence-corrected chi connectivity index (χ4v) is 8.70. The van der Waals surface area contributed by atoms with Gasteiger partial charge in [0, 0.05) is 19.0 Å². The molecule has 4 aliphatic carbocycles. The van der Waals surface area contributed by atoms with Crippen molar-refractivity contribution in [2.75, 3.05) is 20.2 Å². The Morgan fingerprint density at radius 1 is 1.24 bits per heavy atom. The van der Waals surface area contributed by atoms with Gasteiger partial charge in [0.2, 0.25) is 0 Å². The summed E-state index contributed by atoms with van der Waals surface area (Å²) in [6.45, 7) is 3.15. The van der Waals surface area contributed by atoms with E-state index in [2.05, 4.69) is 0 Å². The van der Waals surface area contributed by atoms with Gasteiger partial charge in [-0.15, -0.1) is 0 Å². The van der Waals surface area contributed by atoms with Gasteiger partial charge in [-0.1, -0.05) is 30.2 Å². The average molecular weight is 399 g/mol. The number of methoxy groups -OCH3 is 1. The minimum absolute atomic E-state index is 0.00819. The Morgan fingerprint density at radius 3 is 2.72 bits per heavy atom. The van der Waals surface area contributed by atoms with E-state index < -0.39 is 22.2 Å². The number of esters is 1. The first kappa shape index (κ1) is 18.3. The Balaban J connectivity index is 1.72. The van der Waals surface area contributed by atoms with Crippen LogP contribution in [0, 0.1) is 34.5 Å². The van der Waals surface area contributed by atoms with Crippen LogP contribution in [0.4, 0.5) is 0 Å². The van der Waals surface area contributed by atoms with Crippen molar-refractivity contribution in [1.29, 1.82) is 0 Å². The van der Waals surface area contributed by atoms with Crippen molar-refractivity contribution >= 4 is 12.3 Å². The maximum Gasteiger partial charge on any atom is 0.309 e. The third-order valence-corrected chi connectivity index (χ3v) is 9.80. The molecular formula is C23H29NO5. The molecule has 4 bridgehead atoms. The van der Waals surface area contributed by atoms with Crippen molar-refractivity contribution in [3.8, 4) is 0 Å². The lowest BCUT2D eigenvalue weighted by Crippen LogP contribution is -2.79. The quantitative estimate of drug-likeness (QED) is 0.415. The second-order valence-electron chi connectivity index (χ2n) is 10.3. The molecule has 3 fully saturated rings. The van der Waals surface area contributed by atoms with Crippen LogP contribution >= 0.6 is 0 Å². The summed E-state index contributed by atoms with van der Waals surface area (Å²) >= 11 is 0. The van der Waals surface area contributed by atoms with Crippen LogP contribution in [0.3, 0.4) is 0 Å². The van der Waals surface area contributed by atoms with E-state index in [9.17, 15) is 19.8 Å². The number of aliphatic hydroxyl groups is 2. The molecule has 6 rings (SSSR count). The van der Waals surface area contributed by atoms with Crippen LogP contribution in [0.15, 0.2) is 23.3 Å². The highest BCUT2D eigenvalue weighted by Gasteiger charge is 2.84. The van der Waals surface area contributed by atoms with E-state index in [4.69, 9.17) is 4.74 Å². The molecule has 0 amide bonds. The van der Waals surface area contributed by atoms with Gasteiger partial charge in [0.15, 0.2) is 5.72 Å². The van der Waals surface area contributed by atoms with Gasteiger partial charge in [-0.25, -0.2) is 0 Å². The van der Waals surface area contributed by atoms with Gasteiger partial charge >= 0.3 is 5.97 Å². The van der Waals surface area contributed by atoms with Crippen LogP contribution in [0.1, 0.15) is 39.0 Å². The van der Waals surface area contributed by atoms with E-state index in [-0.39, 0.29) is 29.6 Å². The molecule has 2 saturated heterocycles. The van der Waals surface area contributed by atoms with E-state index in [0.717, 1.165) is 37.5 Å². The summed E-state index contributed by atoms with van der Waals surface area (Å²) in [5, 5.41) is 24.4. The van der Waals surface area contributed by atoms with Gasteiger partial charge in [-0.2, -0.15) is 0 Å². The number of nitrogens with zero attached hydrogens (tertiary/aromatic N) is 1. The molecule has 29 heavy (non-hydrogen) atoms. The zero-order chi connectivity index (χ0) is 20.4. The van der Waals surface area contributed by atoms with Gasteiger partial charge in [-0.3, -0.25) is 9.69 Å². The van der Waals surface area contributed by atoms with E-state index in [0.29, 0.717) is 19.5 Å². The van der Waals surface area contributed by atoms with Crippen LogP contribution in [0.2, 0.25) is 0 Å². The Bertz CT molecular complexity index is 896. The summed E-state index contributed by atoms with van der Waals surface area (Å²) < 4.78 is 5.17. The molecule has 0 unspecified atom stereocenters. The summed E-state index contributed by atoms with van der Waals surface area (Å²) in [7, 11) is 1.41. The van der Waals surface area contributed by atoms with E-state index in [1.807, 2.05) is 17.9 Å². The van der Waals surface area contributed by atoms with Gasteiger partial charge in [0.25, 0.3) is 0 Å². The van der Waals surface area contributed by atoms with E-state index in [1.54, 1.807) is 6.08 Å². The summed E-state index contributed by atoms with van der Waals surface area (Å²) in [4.78, 5) is 27.8. The van der Waals surface area contributed by atoms with Crippen molar-refractivity contribution < 1.29 is 24.5 Å².